The van der Waals surface area contributed by atoms with Gasteiger partial charge in [0.25, 0.3) is 0 Å². The SMILES string of the molecule is Cc1cccc(CCC(=O)N2CCC[C@@H]2c2nnc3n2CCCCC3)c1. The Morgan fingerprint density at radius 2 is 2.08 bits per heavy atom. The van der Waals surface area contributed by atoms with Gasteiger partial charge in [-0.05, 0) is 44.6 Å². The first-order chi connectivity index (χ1) is 12.7. The highest BCUT2D eigenvalue weighted by Crippen LogP contribution is 2.33. The van der Waals surface area contributed by atoms with Crippen molar-refractivity contribution in [3.8, 4) is 0 Å². The Kier molecular flexibility index (Phi) is 5.05. The zero-order valence-electron chi connectivity index (χ0n) is 15.7. The molecule has 0 spiro atoms. The molecule has 0 N–H and O–H groups in total. The normalized spacial score (nSPS) is 20.0. The van der Waals surface area contributed by atoms with Crippen LogP contribution in [0.4, 0.5) is 0 Å². The summed E-state index contributed by atoms with van der Waals surface area (Å²) in [5.74, 6) is 2.37. The minimum absolute atomic E-state index is 0.111. The Hall–Kier alpha value is -2.17. The number of hydrogen-bond donors (Lipinski definition) is 0. The first kappa shape index (κ1) is 17.3. The zero-order valence-corrected chi connectivity index (χ0v) is 15.7. The second-order valence-corrected chi connectivity index (χ2v) is 7.67. The van der Waals surface area contributed by atoms with Crippen LogP contribution in [0.2, 0.25) is 0 Å². The summed E-state index contributed by atoms with van der Waals surface area (Å²) in [6.07, 6.45) is 8.10. The molecule has 2 aromatic rings. The summed E-state index contributed by atoms with van der Waals surface area (Å²) in [5, 5.41) is 8.94. The van der Waals surface area contributed by atoms with Gasteiger partial charge in [0.05, 0.1) is 6.04 Å². The number of carbonyl (C=O) groups is 1. The summed E-state index contributed by atoms with van der Waals surface area (Å²) >= 11 is 0. The minimum atomic E-state index is 0.111. The molecule has 0 saturated carbocycles. The predicted octanol–water partition coefficient (Wildman–Crippen LogP) is 3.61. The summed E-state index contributed by atoms with van der Waals surface area (Å²) in [6, 6.07) is 8.56. The van der Waals surface area contributed by atoms with E-state index in [1.807, 2.05) is 0 Å². The van der Waals surface area contributed by atoms with Crippen molar-refractivity contribution < 1.29 is 4.79 Å². The van der Waals surface area contributed by atoms with E-state index in [2.05, 4.69) is 50.9 Å². The third-order valence-corrected chi connectivity index (χ3v) is 5.72. The average molecular weight is 352 g/mol. The summed E-state index contributed by atoms with van der Waals surface area (Å²) in [5.41, 5.74) is 2.49. The van der Waals surface area contributed by atoms with Crippen LogP contribution >= 0.6 is 0 Å². The molecular weight excluding hydrogens is 324 g/mol. The van der Waals surface area contributed by atoms with Gasteiger partial charge in [-0.3, -0.25) is 4.79 Å². The van der Waals surface area contributed by atoms with E-state index in [0.717, 1.165) is 50.4 Å². The number of hydrogen-bond acceptors (Lipinski definition) is 3. The minimum Gasteiger partial charge on any atom is -0.332 e. The van der Waals surface area contributed by atoms with Crippen molar-refractivity contribution in [3.05, 3.63) is 47.0 Å². The van der Waals surface area contributed by atoms with Crippen molar-refractivity contribution in [2.75, 3.05) is 6.54 Å². The van der Waals surface area contributed by atoms with Crippen LogP contribution in [-0.2, 0) is 24.2 Å². The molecule has 0 unspecified atom stereocenters. The molecule has 1 atom stereocenters. The molecule has 0 bridgehead atoms. The van der Waals surface area contributed by atoms with Crippen LogP contribution in [0.5, 0.6) is 0 Å². The van der Waals surface area contributed by atoms with Crippen LogP contribution in [0.3, 0.4) is 0 Å². The van der Waals surface area contributed by atoms with E-state index in [0.29, 0.717) is 6.42 Å². The lowest BCUT2D eigenvalue weighted by Crippen LogP contribution is -2.32. The molecule has 138 valence electrons. The number of aromatic nitrogens is 3. The maximum atomic E-state index is 12.9. The summed E-state index contributed by atoms with van der Waals surface area (Å²) in [6.45, 7) is 3.94. The highest BCUT2D eigenvalue weighted by Gasteiger charge is 2.34. The standard InChI is InChI=1S/C21H28N4O/c1-16-7-5-8-17(15-16)11-12-20(26)24-14-6-9-18(24)21-23-22-19-10-3-2-4-13-25(19)21/h5,7-8,15,18H,2-4,6,9-14H2,1H3/t18-/m1/s1. The average Bonchev–Trinajstić information content (AvgIpc) is 3.21. The van der Waals surface area contributed by atoms with Crippen molar-refractivity contribution in [2.45, 2.75) is 70.9 Å². The zero-order chi connectivity index (χ0) is 17.9. The summed E-state index contributed by atoms with van der Waals surface area (Å²) in [4.78, 5) is 15.0. The first-order valence-corrected chi connectivity index (χ1v) is 9.99. The summed E-state index contributed by atoms with van der Waals surface area (Å²) < 4.78 is 2.30. The highest BCUT2D eigenvalue weighted by molar-refractivity contribution is 5.77. The van der Waals surface area contributed by atoms with E-state index in [-0.39, 0.29) is 11.9 Å². The van der Waals surface area contributed by atoms with E-state index >= 15 is 0 Å². The van der Waals surface area contributed by atoms with E-state index in [1.54, 1.807) is 0 Å². The summed E-state index contributed by atoms with van der Waals surface area (Å²) in [7, 11) is 0. The quantitative estimate of drug-likeness (QED) is 0.845. The third-order valence-electron chi connectivity index (χ3n) is 5.72. The number of aryl methyl sites for hydroxylation is 3. The van der Waals surface area contributed by atoms with Crippen LogP contribution in [0.15, 0.2) is 24.3 Å². The fourth-order valence-electron chi connectivity index (χ4n) is 4.35. The lowest BCUT2D eigenvalue weighted by molar-refractivity contribution is -0.132. The van der Waals surface area contributed by atoms with Gasteiger partial charge in [0.1, 0.15) is 5.82 Å². The maximum Gasteiger partial charge on any atom is 0.223 e. The van der Waals surface area contributed by atoms with Crippen molar-refractivity contribution in [2.24, 2.45) is 0 Å². The second-order valence-electron chi connectivity index (χ2n) is 7.67. The highest BCUT2D eigenvalue weighted by atomic mass is 16.2. The molecule has 1 saturated heterocycles. The molecule has 26 heavy (non-hydrogen) atoms. The van der Waals surface area contributed by atoms with Crippen molar-refractivity contribution in [1.82, 2.24) is 19.7 Å². The molecule has 2 aliphatic rings. The van der Waals surface area contributed by atoms with Gasteiger partial charge in [0, 0.05) is 25.9 Å². The molecule has 0 aliphatic carbocycles. The fraction of sp³-hybridized carbons (Fsp3) is 0.571. The van der Waals surface area contributed by atoms with Crippen LogP contribution in [0.25, 0.3) is 0 Å². The molecule has 2 aliphatic heterocycles. The molecule has 1 aromatic carbocycles. The van der Waals surface area contributed by atoms with Gasteiger partial charge in [-0.1, -0.05) is 36.2 Å². The smallest absolute Gasteiger partial charge is 0.223 e. The molecule has 1 fully saturated rings. The Balaban J connectivity index is 1.46. The Bertz CT molecular complexity index is 782. The van der Waals surface area contributed by atoms with Crippen LogP contribution in [0, 0.1) is 6.92 Å². The lowest BCUT2D eigenvalue weighted by atomic mass is 10.1. The Morgan fingerprint density at radius 1 is 1.15 bits per heavy atom. The van der Waals surface area contributed by atoms with Gasteiger partial charge in [-0.25, -0.2) is 0 Å². The van der Waals surface area contributed by atoms with Crippen LogP contribution < -0.4 is 0 Å². The maximum absolute atomic E-state index is 12.9. The van der Waals surface area contributed by atoms with Crippen LogP contribution in [-0.4, -0.2) is 32.1 Å². The van der Waals surface area contributed by atoms with Gasteiger partial charge >= 0.3 is 0 Å². The molecular formula is C21H28N4O. The second kappa shape index (κ2) is 7.60. The first-order valence-electron chi connectivity index (χ1n) is 9.99. The molecule has 1 aromatic heterocycles. The number of carbonyl (C=O) groups excluding carboxylic acids is 1. The predicted molar refractivity (Wildman–Crippen MR) is 101 cm³/mol. The van der Waals surface area contributed by atoms with E-state index < -0.39 is 0 Å². The van der Waals surface area contributed by atoms with E-state index in [1.165, 1.54) is 30.4 Å². The fourth-order valence-corrected chi connectivity index (χ4v) is 4.35. The molecule has 1 amide bonds. The Morgan fingerprint density at radius 3 is 2.96 bits per heavy atom. The van der Waals surface area contributed by atoms with E-state index in [4.69, 9.17) is 0 Å². The lowest BCUT2D eigenvalue weighted by Gasteiger charge is -2.25. The van der Waals surface area contributed by atoms with Gasteiger partial charge < -0.3 is 9.47 Å². The number of likely N-dealkylation sites (tertiary alicyclic amines) is 1. The monoisotopic (exact) mass is 352 g/mol. The topological polar surface area (TPSA) is 51.0 Å². The number of nitrogens with zero attached hydrogens (tertiary/aromatic N) is 4. The molecule has 3 heterocycles. The van der Waals surface area contributed by atoms with Crippen molar-refractivity contribution in [1.29, 1.82) is 0 Å². The van der Waals surface area contributed by atoms with Crippen LogP contribution in [0.1, 0.15) is 67.3 Å². The van der Waals surface area contributed by atoms with Gasteiger partial charge in [0.2, 0.25) is 5.91 Å². The largest absolute Gasteiger partial charge is 0.332 e. The molecule has 5 nitrogen and oxygen atoms in total. The molecule has 4 rings (SSSR count). The number of fused-ring (bicyclic) bond motifs is 1. The van der Waals surface area contributed by atoms with Crippen molar-refractivity contribution in [3.63, 3.8) is 0 Å². The molecule has 5 heteroatoms. The van der Waals surface area contributed by atoms with Gasteiger partial charge in [-0.2, -0.15) is 0 Å². The number of rotatable bonds is 4. The van der Waals surface area contributed by atoms with Crippen molar-refractivity contribution >= 4 is 5.91 Å². The van der Waals surface area contributed by atoms with E-state index in [9.17, 15) is 4.79 Å². The van der Waals surface area contributed by atoms with Gasteiger partial charge in [-0.15, -0.1) is 10.2 Å². The third kappa shape index (κ3) is 3.53. The Labute approximate surface area is 155 Å². The number of benzene rings is 1. The van der Waals surface area contributed by atoms with Gasteiger partial charge in [0.15, 0.2) is 5.82 Å². The number of amides is 1. The molecule has 0 radical (unpaired) electrons.